The summed E-state index contributed by atoms with van der Waals surface area (Å²) in [5.74, 6) is 1.26. The Balaban J connectivity index is 1.92. The molecule has 2 aromatic rings. The largest absolute Gasteiger partial charge is 0.496 e. The van der Waals surface area contributed by atoms with Crippen molar-refractivity contribution in [1.82, 2.24) is 4.72 Å². The highest BCUT2D eigenvalue weighted by molar-refractivity contribution is 9.10. The zero-order valence-corrected chi connectivity index (χ0v) is 15.2. The van der Waals surface area contributed by atoms with Gasteiger partial charge in [-0.25, -0.2) is 13.1 Å². The fourth-order valence-corrected chi connectivity index (χ4v) is 4.43. The van der Waals surface area contributed by atoms with E-state index in [1.165, 1.54) is 19.2 Å². The molecule has 0 aliphatic rings. The Morgan fingerprint density at radius 1 is 1.18 bits per heavy atom. The van der Waals surface area contributed by atoms with E-state index in [9.17, 15) is 8.42 Å². The summed E-state index contributed by atoms with van der Waals surface area (Å²) in [5, 5.41) is 0. The summed E-state index contributed by atoms with van der Waals surface area (Å²) in [5.41, 5.74) is 0. The fourth-order valence-electron chi connectivity index (χ4n) is 1.76. The van der Waals surface area contributed by atoms with Crippen molar-refractivity contribution in [3.8, 4) is 5.75 Å². The number of hydrogen-bond acceptors (Lipinski definition) is 4. The second kappa shape index (κ2) is 8.01. The van der Waals surface area contributed by atoms with E-state index in [1.54, 1.807) is 17.8 Å². The number of methoxy groups -OCH3 is 1. The number of hydrogen-bond donors (Lipinski definition) is 1. The molecule has 0 saturated heterocycles. The molecule has 2 rings (SSSR count). The van der Waals surface area contributed by atoms with Crippen LogP contribution >= 0.6 is 27.7 Å². The van der Waals surface area contributed by atoms with Gasteiger partial charge in [-0.3, -0.25) is 0 Å². The topological polar surface area (TPSA) is 55.4 Å². The standard InChI is InChI=1S/C15H16BrNO3S2/c1-20-15-8-7-13(11-14(15)16)22(18,19)17-9-10-21-12-5-3-2-4-6-12/h2-8,11,17H,9-10H2,1H3. The second-order valence-corrected chi connectivity index (χ2v) is 8.15. The van der Waals surface area contributed by atoms with Crippen molar-refractivity contribution in [3.05, 3.63) is 53.0 Å². The zero-order valence-electron chi connectivity index (χ0n) is 12.0. The molecule has 0 fully saturated rings. The third kappa shape index (κ3) is 4.74. The van der Waals surface area contributed by atoms with E-state index in [1.807, 2.05) is 30.3 Å². The third-order valence-electron chi connectivity index (χ3n) is 2.84. The molecule has 0 heterocycles. The van der Waals surface area contributed by atoms with Gasteiger partial charge in [-0.05, 0) is 46.3 Å². The van der Waals surface area contributed by atoms with E-state index in [0.717, 1.165) is 4.90 Å². The van der Waals surface area contributed by atoms with Gasteiger partial charge in [-0.1, -0.05) is 18.2 Å². The molecule has 0 unspecified atom stereocenters. The molecule has 22 heavy (non-hydrogen) atoms. The van der Waals surface area contributed by atoms with Crippen molar-refractivity contribution in [2.24, 2.45) is 0 Å². The molecule has 0 aliphatic carbocycles. The highest BCUT2D eigenvalue weighted by Crippen LogP contribution is 2.27. The molecular weight excluding hydrogens is 386 g/mol. The third-order valence-corrected chi connectivity index (χ3v) is 5.93. The van der Waals surface area contributed by atoms with Gasteiger partial charge in [0.25, 0.3) is 0 Å². The van der Waals surface area contributed by atoms with Crippen LogP contribution in [0.1, 0.15) is 0 Å². The van der Waals surface area contributed by atoms with Crippen LogP contribution in [0.4, 0.5) is 0 Å². The van der Waals surface area contributed by atoms with Crippen molar-refractivity contribution in [1.29, 1.82) is 0 Å². The lowest BCUT2D eigenvalue weighted by Gasteiger charge is -2.09. The summed E-state index contributed by atoms with van der Waals surface area (Å²) < 4.78 is 32.7. The minimum Gasteiger partial charge on any atom is -0.496 e. The number of sulfonamides is 1. The Labute approximate surface area is 143 Å². The van der Waals surface area contributed by atoms with Gasteiger partial charge in [0, 0.05) is 17.2 Å². The van der Waals surface area contributed by atoms with Crippen molar-refractivity contribution in [2.75, 3.05) is 19.4 Å². The number of rotatable bonds is 7. The average molecular weight is 402 g/mol. The van der Waals surface area contributed by atoms with E-state index in [2.05, 4.69) is 20.7 Å². The Bertz CT molecular complexity index is 721. The molecular formula is C15H16BrNO3S2. The van der Waals surface area contributed by atoms with Crippen LogP contribution in [0.2, 0.25) is 0 Å². The van der Waals surface area contributed by atoms with Gasteiger partial charge in [0.15, 0.2) is 0 Å². The van der Waals surface area contributed by atoms with Gasteiger partial charge in [-0.15, -0.1) is 11.8 Å². The van der Waals surface area contributed by atoms with Crippen molar-refractivity contribution in [3.63, 3.8) is 0 Å². The second-order valence-electron chi connectivity index (χ2n) is 4.36. The summed E-state index contributed by atoms with van der Waals surface area (Å²) in [6.45, 7) is 0.367. The average Bonchev–Trinajstić information content (AvgIpc) is 2.52. The molecule has 4 nitrogen and oxygen atoms in total. The van der Waals surface area contributed by atoms with Gasteiger partial charge in [0.05, 0.1) is 16.5 Å². The Hall–Kier alpha value is -1.02. The molecule has 0 aromatic heterocycles. The lowest BCUT2D eigenvalue weighted by molar-refractivity contribution is 0.411. The minimum atomic E-state index is -3.51. The Morgan fingerprint density at radius 3 is 2.55 bits per heavy atom. The summed E-state index contributed by atoms with van der Waals surface area (Å²) in [6, 6.07) is 14.6. The molecule has 0 bridgehead atoms. The first kappa shape index (κ1) is 17.3. The minimum absolute atomic E-state index is 0.213. The number of benzene rings is 2. The Morgan fingerprint density at radius 2 is 1.91 bits per heavy atom. The predicted molar refractivity (Wildman–Crippen MR) is 93.0 cm³/mol. The summed E-state index contributed by atoms with van der Waals surface area (Å²) in [7, 11) is -1.98. The molecule has 0 amide bonds. The van der Waals surface area contributed by atoms with Crippen LogP contribution in [0.15, 0.2) is 62.8 Å². The van der Waals surface area contributed by atoms with Gasteiger partial charge < -0.3 is 4.74 Å². The van der Waals surface area contributed by atoms with Crippen LogP contribution < -0.4 is 9.46 Å². The van der Waals surface area contributed by atoms with Crippen molar-refractivity contribution < 1.29 is 13.2 Å². The van der Waals surface area contributed by atoms with E-state index < -0.39 is 10.0 Å². The van der Waals surface area contributed by atoms with E-state index >= 15 is 0 Å². The molecule has 0 saturated carbocycles. The number of thioether (sulfide) groups is 1. The molecule has 1 N–H and O–H groups in total. The van der Waals surface area contributed by atoms with Crippen LogP contribution in [0, 0.1) is 0 Å². The first-order valence-electron chi connectivity index (χ1n) is 6.54. The maximum atomic E-state index is 12.2. The molecule has 2 aromatic carbocycles. The zero-order chi connectivity index (χ0) is 16.0. The first-order valence-corrected chi connectivity index (χ1v) is 9.80. The SMILES string of the molecule is COc1ccc(S(=O)(=O)NCCSc2ccccc2)cc1Br. The highest BCUT2D eigenvalue weighted by atomic mass is 79.9. The van der Waals surface area contributed by atoms with Gasteiger partial charge in [0.1, 0.15) is 5.75 Å². The van der Waals surface area contributed by atoms with Crippen LogP contribution in [0.3, 0.4) is 0 Å². The van der Waals surface area contributed by atoms with Gasteiger partial charge in [0.2, 0.25) is 10.0 Å². The van der Waals surface area contributed by atoms with Crippen LogP contribution in [0.25, 0.3) is 0 Å². The first-order chi connectivity index (χ1) is 10.5. The van der Waals surface area contributed by atoms with E-state index in [4.69, 9.17) is 4.74 Å². The summed E-state index contributed by atoms with van der Waals surface area (Å²) in [4.78, 5) is 1.33. The summed E-state index contributed by atoms with van der Waals surface area (Å²) >= 11 is 4.90. The summed E-state index contributed by atoms with van der Waals surface area (Å²) in [6.07, 6.45) is 0. The van der Waals surface area contributed by atoms with Crippen LogP contribution in [0.5, 0.6) is 5.75 Å². The lowest BCUT2D eigenvalue weighted by atomic mass is 10.3. The maximum absolute atomic E-state index is 12.2. The normalized spacial score (nSPS) is 11.4. The molecule has 0 atom stereocenters. The highest BCUT2D eigenvalue weighted by Gasteiger charge is 2.15. The number of nitrogens with one attached hydrogen (secondary N) is 1. The molecule has 0 spiro atoms. The van der Waals surface area contributed by atoms with Crippen LogP contribution in [-0.2, 0) is 10.0 Å². The Kier molecular flexibility index (Phi) is 6.31. The molecule has 7 heteroatoms. The van der Waals surface area contributed by atoms with Crippen molar-refractivity contribution in [2.45, 2.75) is 9.79 Å². The molecule has 0 radical (unpaired) electrons. The van der Waals surface area contributed by atoms with Crippen LogP contribution in [-0.4, -0.2) is 27.8 Å². The lowest BCUT2D eigenvalue weighted by Crippen LogP contribution is -2.26. The van der Waals surface area contributed by atoms with E-state index in [-0.39, 0.29) is 4.90 Å². The predicted octanol–water partition coefficient (Wildman–Crippen LogP) is 3.53. The van der Waals surface area contributed by atoms with Gasteiger partial charge in [-0.2, -0.15) is 0 Å². The van der Waals surface area contributed by atoms with Crippen molar-refractivity contribution >= 4 is 37.7 Å². The maximum Gasteiger partial charge on any atom is 0.240 e. The molecule has 118 valence electrons. The quantitative estimate of drug-likeness (QED) is 0.569. The number of ether oxygens (including phenoxy) is 1. The van der Waals surface area contributed by atoms with E-state index in [0.29, 0.717) is 22.5 Å². The van der Waals surface area contributed by atoms with Gasteiger partial charge >= 0.3 is 0 Å². The fraction of sp³-hybridized carbons (Fsp3) is 0.200. The monoisotopic (exact) mass is 401 g/mol. The number of halogens is 1. The molecule has 0 aliphatic heterocycles. The smallest absolute Gasteiger partial charge is 0.240 e.